The molecule has 1 saturated heterocycles. The van der Waals surface area contributed by atoms with E-state index in [1.807, 2.05) is 13.8 Å². The molecular formula is C15H33N3O3. The zero-order chi connectivity index (χ0) is 15.5. The van der Waals surface area contributed by atoms with Gasteiger partial charge in [0.15, 0.2) is 0 Å². The van der Waals surface area contributed by atoms with Crippen molar-refractivity contribution in [3.63, 3.8) is 0 Å². The molecule has 0 saturated carbocycles. The van der Waals surface area contributed by atoms with Crippen LogP contribution in [0.25, 0.3) is 0 Å². The van der Waals surface area contributed by atoms with Crippen LogP contribution < -0.4 is 5.32 Å². The minimum absolute atomic E-state index is 0. The highest BCUT2D eigenvalue weighted by Gasteiger charge is 2.14. The molecule has 21 heavy (non-hydrogen) atoms. The molecule has 1 aliphatic rings. The Kier molecular flexibility index (Phi) is 9.58. The summed E-state index contributed by atoms with van der Waals surface area (Å²) in [7, 11) is 0. The number of piperazine rings is 1. The molecule has 0 aliphatic carbocycles. The van der Waals surface area contributed by atoms with Crippen LogP contribution in [0.4, 0.5) is 0 Å². The third-order valence-electron chi connectivity index (χ3n) is 3.58. The van der Waals surface area contributed by atoms with Gasteiger partial charge in [0.25, 0.3) is 0 Å². The molecule has 1 fully saturated rings. The van der Waals surface area contributed by atoms with Gasteiger partial charge in [-0.1, -0.05) is 6.92 Å². The normalized spacial score (nSPS) is 17.3. The van der Waals surface area contributed by atoms with Gasteiger partial charge >= 0.3 is 0 Å². The van der Waals surface area contributed by atoms with E-state index in [0.29, 0.717) is 13.2 Å². The number of ether oxygens (including phenoxy) is 2. The number of amides is 1. The minimum atomic E-state index is -0.0806. The molecule has 0 spiro atoms. The second-order valence-electron chi connectivity index (χ2n) is 5.60. The molecule has 1 rings (SSSR count). The summed E-state index contributed by atoms with van der Waals surface area (Å²) in [6, 6.07) is 0. The van der Waals surface area contributed by atoms with Crippen LogP contribution in [-0.2, 0) is 14.3 Å². The Morgan fingerprint density at radius 3 is 2.48 bits per heavy atom. The Balaban J connectivity index is 0.00000441. The third kappa shape index (κ3) is 9.03. The maximum atomic E-state index is 11.4. The Bertz CT molecular complexity index is 285. The summed E-state index contributed by atoms with van der Waals surface area (Å²) in [5, 5.41) is 2.78. The molecule has 1 amide bonds. The summed E-state index contributed by atoms with van der Waals surface area (Å²) in [5.41, 5.74) is 0. The summed E-state index contributed by atoms with van der Waals surface area (Å²) >= 11 is 0. The maximum absolute atomic E-state index is 11.4. The van der Waals surface area contributed by atoms with Gasteiger partial charge in [-0.25, -0.2) is 0 Å². The Labute approximate surface area is 130 Å². The van der Waals surface area contributed by atoms with Crippen molar-refractivity contribution in [2.45, 2.75) is 26.9 Å². The van der Waals surface area contributed by atoms with Gasteiger partial charge in [0.1, 0.15) is 6.61 Å². The van der Waals surface area contributed by atoms with E-state index < -0.39 is 0 Å². The first kappa shape index (κ1) is 18.4. The number of nitrogens with zero attached hydrogens (tertiary/aromatic N) is 2. The fourth-order valence-electron chi connectivity index (χ4n) is 2.18. The van der Waals surface area contributed by atoms with Crippen molar-refractivity contribution in [1.82, 2.24) is 15.1 Å². The number of carbonyl (C=O) groups excluding carboxylic acids is 1. The smallest absolute Gasteiger partial charge is 0.246 e. The number of likely N-dealkylation sites (N-methyl/N-ethyl adjacent to an activating group) is 1. The van der Waals surface area contributed by atoms with Gasteiger partial charge in [0.2, 0.25) is 5.91 Å². The zero-order valence-corrected chi connectivity index (χ0v) is 13.8. The Morgan fingerprint density at radius 1 is 1.19 bits per heavy atom. The van der Waals surface area contributed by atoms with Crippen molar-refractivity contribution >= 4 is 5.91 Å². The molecule has 0 bridgehead atoms. The highest BCUT2D eigenvalue weighted by Crippen LogP contribution is 2.00. The quantitative estimate of drug-likeness (QED) is 0.593. The minimum Gasteiger partial charge on any atom is -0.378 e. The first-order valence-electron chi connectivity index (χ1n) is 8.02. The molecule has 0 unspecified atom stereocenters. The third-order valence-corrected chi connectivity index (χ3v) is 3.58. The van der Waals surface area contributed by atoms with Gasteiger partial charge in [-0.3, -0.25) is 9.69 Å². The van der Waals surface area contributed by atoms with E-state index >= 15 is 0 Å². The fraction of sp³-hybridized carbons (Fsp3) is 0.933. The number of hydrogen-bond acceptors (Lipinski definition) is 5. The van der Waals surface area contributed by atoms with E-state index in [1.54, 1.807) is 0 Å². The standard InChI is InChI=1S/C15H31N3O3.H2/c1-4-17-6-8-18(9-7-17)10-12-20-11-5-16-15(19)13-21-14(2)3;/h14H,4-13H2,1-3H3,(H,16,19);1H. The summed E-state index contributed by atoms with van der Waals surface area (Å²) in [5.74, 6) is -0.0806. The van der Waals surface area contributed by atoms with Crippen molar-refractivity contribution in [2.24, 2.45) is 0 Å². The average Bonchev–Trinajstić information content (AvgIpc) is 2.49. The molecule has 126 valence electrons. The predicted octanol–water partition coefficient (Wildman–Crippen LogP) is 0.428. The van der Waals surface area contributed by atoms with Gasteiger partial charge in [0, 0.05) is 40.7 Å². The lowest BCUT2D eigenvalue weighted by Gasteiger charge is -2.33. The van der Waals surface area contributed by atoms with E-state index in [-0.39, 0.29) is 20.0 Å². The molecule has 0 aromatic heterocycles. The van der Waals surface area contributed by atoms with Crippen LogP contribution in [-0.4, -0.2) is 87.4 Å². The molecule has 0 radical (unpaired) electrons. The Hall–Kier alpha value is -0.690. The van der Waals surface area contributed by atoms with Gasteiger partial charge in [-0.2, -0.15) is 0 Å². The fourth-order valence-corrected chi connectivity index (χ4v) is 2.18. The van der Waals surface area contributed by atoms with Gasteiger partial charge in [-0.15, -0.1) is 0 Å². The number of nitrogens with one attached hydrogen (secondary N) is 1. The number of rotatable bonds is 10. The lowest BCUT2D eigenvalue weighted by atomic mass is 10.3. The monoisotopic (exact) mass is 303 g/mol. The molecule has 1 N–H and O–H groups in total. The summed E-state index contributed by atoms with van der Waals surface area (Å²) in [6.07, 6.45) is 0.0835. The number of hydrogen-bond donors (Lipinski definition) is 1. The lowest BCUT2D eigenvalue weighted by molar-refractivity contribution is -0.127. The van der Waals surface area contributed by atoms with E-state index in [4.69, 9.17) is 9.47 Å². The average molecular weight is 303 g/mol. The highest BCUT2D eigenvalue weighted by atomic mass is 16.5. The van der Waals surface area contributed by atoms with Crippen molar-refractivity contribution in [3.05, 3.63) is 0 Å². The van der Waals surface area contributed by atoms with Gasteiger partial charge in [0.05, 0.1) is 19.3 Å². The van der Waals surface area contributed by atoms with Gasteiger partial charge < -0.3 is 19.7 Å². The maximum Gasteiger partial charge on any atom is 0.246 e. The molecule has 6 nitrogen and oxygen atoms in total. The van der Waals surface area contributed by atoms with E-state index in [0.717, 1.165) is 45.9 Å². The highest BCUT2D eigenvalue weighted by molar-refractivity contribution is 5.77. The first-order valence-corrected chi connectivity index (χ1v) is 8.02. The van der Waals surface area contributed by atoms with E-state index in [1.165, 1.54) is 0 Å². The predicted molar refractivity (Wildman–Crippen MR) is 85.6 cm³/mol. The summed E-state index contributed by atoms with van der Waals surface area (Å²) in [6.45, 7) is 14.7. The van der Waals surface area contributed by atoms with Crippen LogP contribution in [0.5, 0.6) is 0 Å². The molecule has 0 aromatic rings. The van der Waals surface area contributed by atoms with Crippen LogP contribution in [0.1, 0.15) is 22.2 Å². The van der Waals surface area contributed by atoms with Crippen molar-refractivity contribution in [1.29, 1.82) is 0 Å². The van der Waals surface area contributed by atoms with Gasteiger partial charge in [-0.05, 0) is 20.4 Å². The van der Waals surface area contributed by atoms with Crippen LogP contribution in [0, 0.1) is 0 Å². The zero-order valence-electron chi connectivity index (χ0n) is 13.8. The van der Waals surface area contributed by atoms with Crippen LogP contribution >= 0.6 is 0 Å². The second-order valence-corrected chi connectivity index (χ2v) is 5.60. The van der Waals surface area contributed by atoms with Crippen LogP contribution in [0.15, 0.2) is 0 Å². The summed E-state index contributed by atoms with van der Waals surface area (Å²) in [4.78, 5) is 16.3. The summed E-state index contributed by atoms with van der Waals surface area (Å²) < 4.78 is 10.8. The van der Waals surface area contributed by atoms with Crippen molar-refractivity contribution < 1.29 is 15.7 Å². The van der Waals surface area contributed by atoms with E-state index in [9.17, 15) is 4.79 Å². The first-order chi connectivity index (χ1) is 10.1. The largest absolute Gasteiger partial charge is 0.378 e. The number of carbonyl (C=O) groups is 1. The Morgan fingerprint density at radius 2 is 1.86 bits per heavy atom. The van der Waals surface area contributed by atoms with Crippen LogP contribution in [0.3, 0.4) is 0 Å². The van der Waals surface area contributed by atoms with Crippen molar-refractivity contribution in [2.75, 3.05) is 65.6 Å². The van der Waals surface area contributed by atoms with Crippen molar-refractivity contribution in [3.8, 4) is 0 Å². The molecule has 1 aliphatic heterocycles. The molecule has 6 heteroatoms. The lowest BCUT2D eigenvalue weighted by Crippen LogP contribution is -2.47. The van der Waals surface area contributed by atoms with Crippen LogP contribution in [0.2, 0.25) is 0 Å². The molecule has 0 atom stereocenters. The topological polar surface area (TPSA) is 54.0 Å². The van der Waals surface area contributed by atoms with E-state index in [2.05, 4.69) is 22.0 Å². The molecular weight excluding hydrogens is 270 g/mol. The molecule has 1 heterocycles. The second kappa shape index (κ2) is 11.0. The SMILES string of the molecule is CCN1CCN(CCOCCNC(=O)COC(C)C)CC1.[HH]. The molecule has 0 aromatic carbocycles.